The Morgan fingerprint density at radius 2 is 2.06 bits per heavy atom. The van der Waals surface area contributed by atoms with E-state index in [0.717, 1.165) is 0 Å². The van der Waals surface area contributed by atoms with Crippen LogP contribution in [0.15, 0.2) is 18.3 Å². The SMILES string of the molecule is CNc1ccc(C(=O)NC(C)(C)CC(N)=O)cn1. The summed E-state index contributed by atoms with van der Waals surface area (Å²) in [4.78, 5) is 26.8. The summed E-state index contributed by atoms with van der Waals surface area (Å²) in [6.07, 6.45) is 1.56. The van der Waals surface area contributed by atoms with E-state index in [-0.39, 0.29) is 12.3 Å². The van der Waals surface area contributed by atoms with E-state index in [1.807, 2.05) is 0 Å². The number of nitrogens with zero attached hydrogens (tertiary/aromatic N) is 1. The van der Waals surface area contributed by atoms with Crippen LogP contribution < -0.4 is 16.4 Å². The van der Waals surface area contributed by atoms with Gasteiger partial charge in [0.05, 0.1) is 5.56 Å². The second-order valence-electron chi connectivity index (χ2n) is 4.66. The molecule has 0 unspecified atom stereocenters. The van der Waals surface area contributed by atoms with Gasteiger partial charge in [0.25, 0.3) is 5.91 Å². The lowest BCUT2D eigenvalue weighted by Gasteiger charge is -2.24. The van der Waals surface area contributed by atoms with Gasteiger partial charge in [-0.3, -0.25) is 9.59 Å². The second-order valence-corrected chi connectivity index (χ2v) is 4.66. The number of nitrogens with two attached hydrogens (primary N) is 1. The number of nitrogens with one attached hydrogen (secondary N) is 2. The number of anilines is 1. The molecule has 1 heterocycles. The molecule has 6 nitrogen and oxygen atoms in total. The molecule has 4 N–H and O–H groups in total. The predicted molar refractivity (Wildman–Crippen MR) is 69.1 cm³/mol. The average Bonchev–Trinajstić information content (AvgIpc) is 2.26. The van der Waals surface area contributed by atoms with Crippen molar-refractivity contribution in [3.8, 4) is 0 Å². The van der Waals surface area contributed by atoms with Crippen LogP contribution in [0.25, 0.3) is 0 Å². The number of amides is 2. The minimum absolute atomic E-state index is 0.0841. The zero-order valence-corrected chi connectivity index (χ0v) is 10.8. The lowest BCUT2D eigenvalue weighted by Crippen LogP contribution is -2.46. The van der Waals surface area contributed by atoms with Crippen LogP contribution in [0.3, 0.4) is 0 Å². The van der Waals surface area contributed by atoms with Gasteiger partial charge in [-0.25, -0.2) is 4.98 Å². The summed E-state index contributed by atoms with van der Waals surface area (Å²) < 4.78 is 0. The Morgan fingerprint density at radius 1 is 1.39 bits per heavy atom. The molecule has 98 valence electrons. The van der Waals surface area contributed by atoms with Crippen molar-refractivity contribution in [2.75, 3.05) is 12.4 Å². The van der Waals surface area contributed by atoms with E-state index in [1.165, 1.54) is 6.20 Å². The van der Waals surface area contributed by atoms with Crippen LogP contribution in [0.1, 0.15) is 30.6 Å². The molecule has 1 rings (SSSR count). The molecule has 0 bridgehead atoms. The minimum atomic E-state index is -0.676. The number of pyridine rings is 1. The van der Waals surface area contributed by atoms with Gasteiger partial charge < -0.3 is 16.4 Å². The molecule has 0 atom stereocenters. The Labute approximate surface area is 106 Å². The van der Waals surface area contributed by atoms with E-state index >= 15 is 0 Å². The van der Waals surface area contributed by atoms with Gasteiger partial charge in [-0.05, 0) is 26.0 Å². The Hall–Kier alpha value is -2.11. The summed E-state index contributed by atoms with van der Waals surface area (Å²) in [6, 6.07) is 3.37. The van der Waals surface area contributed by atoms with Crippen LogP contribution in [0.2, 0.25) is 0 Å². The van der Waals surface area contributed by atoms with Crippen molar-refractivity contribution >= 4 is 17.6 Å². The number of hydrogen-bond acceptors (Lipinski definition) is 4. The number of aromatic nitrogens is 1. The second kappa shape index (κ2) is 5.48. The van der Waals surface area contributed by atoms with Crippen LogP contribution in [-0.4, -0.2) is 29.4 Å². The fourth-order valence-corrected chi connectivity index (χ4v) is 1.54. The topological polar surface area (TPSA) is 97.1 Å². The molecule has 0 saturated carbocycles. The molecular weight excluding hydrogens is 232 g/mol. The van der Waals surface area contributed by atoms with E-state index in [0.29, 0.717) is 11.4 Å². The molecule has 6 heteroatoms. The maximum Gasteiger partial charge on any atom is 0.253 e. The van der Waals surface area contributed by atoms with E-state index in [4.69, 9.17) is 5.73 Å². The fourth-order valence-electron chi connectivity index (χ4n) is 1.54. The molecule has 0 aliphatic rings. The fraction of sp³-hybridized carbons (Fsp3) is 0.417. The molecule has 0 spiro atoms. The summed E-state index contributed by atoms with van der Waals surface area (Å²) in [5.74, 6) is -0.0525. The van der Waals surface area contributed by atoms with Crippen LogP contribution in [0, 0.1) is 0 Å². The largest absolute Gasteiger partial charge is 0.373 e. The van der Waals surface area contributed by atoms with Crippen molar-refractivity contribution in [2.24, 2.45) is 5.73 Å². The molecule has 0 aliphatic carbocycles. The molecule has 2 amide bonds. The first kappa shape index (κ1) is 14.0. The summed E-state index contributed by atoms with van der Waals surface area (Å²) >= 11 is 0. The molecule has 0 aliphatic heterocycles. The summed E-state index contributed by atoms with van der Waals surface area (Å²) in [6.45, 7) is 3.48. The van der Waals surface area contributed by atoms with Crippen LogP contribution in [0.4, 0.5) is 5.82 Å². The number of hydrogen-bond donors (Lipinski definition) is 3. The van der Waals surface area contributed by atoms with Gasteiger partial charge in [-0.15, -0.1) is 0 Å². The van der Waals surface area contributed by atoms with Gasteiger partial charge in [0.1, 0.15) is 5.82 Å². The van der Waals surface area contributed by atoms with Crippen molar-refractivity contribution in [3.63, 3.8) is 0 Å². The molecule has 0 fully saturated rings. The first-order valence-corrected chi connectivity index (χ1v) is 5.59. The molecule has 1 aromatic heterocycles. The molecular formula is C12H18N4O2. The third-order valence-corrected chi connectivity index (χ3v) is 2.35. The van der Waals surface area contributed by atoms with Gasteiger partial charge in [-0.2, -0.15) is 0 Å². The lowest BCUT2D eigenvalue weighted by molar-refractivity contribution is -0.119. The van der Waals surface area contributed by atoms with Gasteiger partial charge in [0, 0.05) is 25.2 Å². The number of rotatable bonds is 5. The molecule has 18 heavy (non-hydrogen) atoms. The summed E-state index contributed by atoms with van der Waals surface area (Å²) in [5, 5.41) is 5.60. The molecule has 1 aromatic rings. The monoisotopic (exact) mass is 250 g/mol. The molecule has 0 saturated heterocycles. The highest BCUT2D eigenvalue weighted by Gasteiger charge is 2.23. The third-order valence-electron chi connectivity index (χ3n) is 2.35. The number of primary amides is 1. The third kappa shape index (κ3) is 4.04. The van der Waals surface area contributed by atoms with Crippen molar-refractivity contribution in [3.05, 3.63) is 23.9 Å². The smallest absolute Gasteiger partial charge is 0.253 e. The van der Waals surface area contributed by atoms with Crippen molar-refractivity contribution in [1.82, 2.24) is 10.3 Å². The molecule has 0 aromatic carbocycles. The van der Waals surface area contributed by atoms with E-state index < -0.39 is 11.4 Å². The van der Waals surface area contributed by atoms with E-state index in [9.17, 15) is 9.59 Å². The highest BCUT2D eigenvalue weighted by Crippen LogP contribution is 2.10. The van der Waals surface area contributed by atoms with Gasteiger partial charge in [-0.1, -0.05) is 0 Å². The van der Waals surface area contributed by atoms with Gasteiger partial charge in [0.2, 0.25) is 5.91 Å². The van der Waals surface area contributed by atoms with E-state index in [2.05, 4.69) is 15.6 Å². The maximum atomic E-state index is 11.9. The zero-order chi connectivity index (χ0) is 13.8. The maximum absolute atomic E-state index is 11.9. The lowest BCUT2D eigenvalue weighted by atomic mass is 10.00. The van der Waals surface area contributed by atoms with Crippen molar-refractivity contribution in [1.29, 1.82) is 0 Å². The summed E-state index contributed by atoms with van der Waals surface area (Å²) in [5.41, 5.74) is 4.88. The van der Waals surface area contributed by atoms with Crippen molar-refractivity contribution < 1.29 is 9.59 Å². The zero-order valence-electron chi connectivity index (χ0n) is 10.8. The number of carbonyl (C=O) groups excluding carboxylic acids is 2. The predicted octanol–water partition coefficient (Wildman–Crippen LogP) is 0.507. The summed E-state index contributed by atoms with van der Waals surface area (Å²) in [7, 11) is 1.75. The van der Waals surface area contributed by atoms with Crippen LogP contribution in [-0.2, 0) is 4.79 Å². The Bertz CT molecular complexity index is 440. The Balaban J connectivity index is 2.72. The number of carbonyl (C=O) groups is 2. The first-order chi connectivity index (χ1) is 8.34. The van der Waals surface area contributed by atoms with Crippen LogP contribution in [0.5, 0.6) is 0 Å². The van der Waals surface area contributed by atoms with E-state index in [1.54, 1.807) is 33.0 Å². The van der Waals surface area contributed by atoms with Gasteiger partial charge in [0.15, 0.2) is 0 Å². The van der Waals surface area contributed by atoms with Gasteiger partial charge >= 0.3 is 0 Å². The Morgan fingerprint density at radius 3 is 2.50 bits per heavy atom. The standard InChI is InChI=1S/C12H18N4O2/c1-12(2,6-9(13)17)16-11(18)8-4-5-10(14-3)15-7-8/h4-5,7H,6H2,1-3H3,(H2,13,17)(H,14,15)(H,16,18). The first-order valence-electron chi connectivity index (χ1n) is 5.59. The molecule has 0 radical (unpaired) electrons. The highest BCUT2D eigenvalue weighted by atomic mass is 16.2. The Kier molecular flexibility index (Phi) is 4.25. The average molecular weight is 250 g/mol. The quantitative estimate of drug-likeness (QED) is 0.709. The van der Waals surface area contributed by atoms with Crippen molar-refractivity contribution in [2.45, 2.75) is 25.8 Å². The van der Waals surface area contributed by atoms with Crippen LogP contribution >= 0.6 is 0 Å². The highest BCUT2D eigenvalue weighted by molar-refractivity contribution is 5.94. The normalized spacial score (nSPS) is 10.8. The minimum Gasteiger partial charge on any atom is -0.373 e.